The topological polar surface area (TPSA) is 96.3 Å². The Morgan fingerprint density at radius 1 is 0.929 bits per heavy atom. The molecule has 1 aliphatic rings. The molecule has 0 aromatic heterocycles. The Morgan fingerprint density at radius 3 is 1.96 bits per heavy atom. The maximum absolute atomic E-state index is 9.10. The van der Waals surface area contributed by atoms with Crippen molar-refractivity contribution in [2.45, 2.75) is 58.5 Å². The zero-order chi connectivity index (χ0) is 20.8. The molecule has 0 amide bonds. The number of hydrogen-bond acceptors (Lipinski definition) is 5. The van der Waals surface area contributed by atoms with E-state index in [2.05, 4.69) is 4.90 Å². The highest BCUT2D eigenvalue weighted by molar-refractivity contribution is 6.27. The van der Waals surface area contributed by atoms with Gasteiger partial charge < -0.3 is 24.6 Å². The second kappa shape index (κ2) is 13.8. The third-order valence-electron chi connectivity index (χ3n) is 4.21. The van der Waals surface area contributed by atoms with Crippen LogP contribution in [0.1, 0.15) is 52.4 Å². The predicted octanol–water partition coefficient (Wildman–Crippen LogP) is 3.66. The first kappa shape index (κ1) is 23.8. The average Bonchev–Trinajstić information content (AvgIpc) is 2.91. The van der Waals surface area contributed by atoms with Crippen LogP contribution in [0.5, 0.6) is 11.5 Å². The molecule has 0 radical (unpaired) electrons. The minimum Gasteiger partial charge on any atom is -0.494 e. The van der Waals surface area contributed by atoms with Gasteiger partial charge in [-0.2, -0.15) is 0 Å². The summed E-state index contributed by atoms with van der Waals surface area (Å²) in [6.07, 6.45) is 8.15. The largest absolute Gasteiger partial charge is 0.494 e. The Morgan fingerprint density at radius 2 is 1.46 bits per heavy atom. The van der Waals surface area contributed by atoms with Crippen molar-refractivity contribution in [1.82, 2.24) is 4.90 Å². The highest BCUT2D eigenvalue weighted by atomic mass is 16.5. The van der Waals surface area contributed by atoms with Crippen LogP contribution in [-0.4, -0.2) is 59.4 Å². The Kier molecular flexibility index (Phi) is 11.7. The van der Waals surface area contributed by atoms with Crippen molar-refractivity contribution < 1.29 is 29.3 Å². The summed E-state index contributed by atoms with van der Waals surface area (Å²) < 4.78 is 11.4. The summed E-state index contributed by atoms with van der Waals surface area (Å²) >= 11 is 0. The van der Waals surface area contributed by atoms with E-state index >= 15 is 0 Å². The Balaban J connectivity index is 0.000000568. The summed E-state index contributed by atoms with van der Waals surface area (Å²) in [5, 5.41) is 14.8. The fourth-order valence-corrected chi connectivity index (χ4v) is 2.87. The van der Waals surface area contributed by atoms with E-state index in [9.17, 15) is 0 Å². The minimum atomic E-state index is -1.82. The van der Waals surface area contributed by atoms with Crippen LogP contribution in [0.2, 0.25) is 0 Å². The van der Waals surface area contributed by atoms with Crippen molar-refractivity contribution >= 4 is 11.9 Å². The lowest BCUT2D eigenvalue weighted by Crippen LogP contribution is -2.25. The molecule has 1 aromatic rings. The first-order valence-corrected chi connectivity index (χ1v) is 9.96. The number of nitrogens with zero attached hydrogens (tertiary/aromatic N) is 1. The molecule has 28 heavy (non-hydrogen) atoms. The lowest BCUT2D eigenvalue weighted by atomic mass is 10.2. The van der Waals surface area contributed by atoms with Crippen LogP contribution >= 0.6 is 0 Å². The fourth-order valence-electron chi connectivity index (χ4n) is 2.87. The molecule has 1 heterocycles. The van der Waals surface area contributed by atoms with Gasteiger partial charge in [0.1, 0.15) is 11.5 Å². The summed E-state index contributed by atoms with van der Waals surface area (Å²) in [7, 11) is 0. The van der Waals surface area contributed by atoms with E-state index in [0.29, 0.717) is 0 Å². The van der Waals surface area contributed by atoms with Crippen LogP contribution in [0.3, 0.4) is 0 Å². The highest BCUT2D eigenvalue weighted by Gasteiger charge is 2.08. The first-order chi connectivity index (χ1) is 13.4. The smallest absolute Gasteiger partial charge is 0.414 e. The lowest BCUT2D eigenvalue weighted by Gasteiger charge is -2.19. The maximum Gasteiger partial charge on any atom is 0.414 e. The number of carboxylic acid groups (broad SMARTS) is 2. The molecule has 0 bridgehead atoms. The molecule has 1 fully saturated rings. The minimum absolute atomic E-state index is 0.214. The zero-order valence-electron chi connectivity index (χ0n) is 16.9. The monoisotopic (exact) mass is 395 g/mol. The van der Waals surface area contributed by atoms with Crippen molar-refractivity contribution in [3.63, 3.8) is 0 Å². The van der Waals surface area contributed by atoms with Gasteiger partial charge in [-0.05, 0) is 83.4 Å². The summed E-state index contributed by atoms with van der Waals surface area (Å²) in [6, 6.07) is 7.94. The molecule has 158 valence electrons. The standard InChI is InChI=1S/C19H31NO2.C2H2O4/c1-17(2)22-19-11-9-18(10-12-19)21-16-8-7-15-20-13-5-3-4-6-14-20;3-1(4)2(5)6/h9-12,17H,3-8,13-16H2,1-2H3;(H,3,4)(H,5,6). The van der Waals surface area contributed by atoms with Crippen LogP contribution in [0, 0.1) is 0 Å². The van der Waals surface area contributed by atoms with E-state index in [0.717, 1.165) is 24.5 Å². The summed E-state index contributed by atoms with van der Waals surface area (Å²) in [5.74, 6) is -1.81. The van der Waals surface area contributed by atoms with Gasteiger partial charge in [0, 0.05) is 0 Å². The number of unbranched alkanes of at least 4 members (excludes halogenated alkanes) is 1. The number of carbonyl (C=O) groups is 2. The first-order valence-electron chi connectivity index (χ1n) is 9.96. The second-order valence-electron chi connectivity index (χ2n) is 7.06. The number of hydrogen-bond donors (Lipinski definition) is 2. The van der Waals surface area contributed by atoms with Gasteiger partial charge in [0.2, 0.25) is 0 Å². The number of aliphatic carboxylic acids is 2. The number of carboxylic acids is 2. The average molecular weight is 395 g/mol. The molecular formula is C21H33NO6. The van der Waals surface area contributed by atoms with Gasteiger partial charge in [-0.25, -0.2) is 9.59 Å². The molecule has 2 N–H and O–H groups in total. The molecular weight excluding hydrogens is 362 g/mol. The molecule has 2 rings (SSSR count). The van der Waals surface area contributed by atoms with Crippen molar-refractivity contribution in [2.24, 2.45) is 0 Å². The van der Waals surface area contributed by atoms with Gasteiger partial charge in [-0.15, -0.1) is 0 Å². The molecule has 7 nitrogen and oxygen atoms in total. The third kappa shape index (κ3) is 11.4. The molecule has 0 saturated carbocycles. The number of ether oxygens (including phenoxy) is 2. The zero-order valence-corrected chi connectivity index (χ0v) is 16.9. The quantitative estimate of drug-likeness (QED) is 0.512. The molecule has 1 aliphatic heterocycles. The van der Waals surface area contributed by atoms with Crippen molar-refractivity contribution in [3.8, 4) is 11.5 Å². The highest BCUT2D eigenvalue weighted by Crippen LogP contribution is 2.19. The summed E-state index contributed by atoms with van der Waals surface area (Å²) in [4.78, 5) is 20.8. The van der Waals surface area contributed by atoms with Gasteiger partial charge in [-0.3, -0.25) is 0 Å². The molecule has 0 spiro atoms. The number of benzene rings is 1. The molecule has 0 atom stereocenters. The Bertz CT molecular complexity index is 553. The molecule has 0 unspecified atom stereocenters. The lowest BCUT2D eigenvalue weighted by molar-refractivity contribution is -0.159. The Hall–Kier alpha value is -2.28. The van der Waals surface area contributed by atoms with Crippen LogP contribution in [0.4, 0.5) is 0 Å². The van der Waals surface area contributed by atoms with Gasteiger partial charge >= 0.3 is 11.9 Å². The SMILES string of the molecule is CC(C)Oc1ccc(OCCCCN2CCCCCC2)cc1.O=C(O)C(=O)O. The molecule has 1 aromatic carbocycles. The number of rotatable bonds is 8. The number of likely N-dealkylation sites (tertiary alicyclic amines) is 1. The van der Waals surface area contributed by atoms with Crippen molar-refractivity contribution in [2.75, 3.05) is 26.2 Å². The van der Waals surface area contributed by atoms with E-state index in [1.165, 1.54) is 51.7 Å². The molecule has 1 saturated heterocycles. The normalized spacial score (nSPS) is 14.5. The van der Waals surface area contributed by atoms with Crippen molar-refractivity contribution in [1.29, 1.82) is 0 Å². The van der Waals surface area contributed by atoms with E-state index < -0.39 is 11.9 Å². The van der Waals surface area contributed by atoms with Crippen LogP contribution < -0.4 is 9.47 Å². The van der Waals surface area contributed by atoms with Gasteiger partial charge in [0.15, 0.2) is 0 Å². The van der Waals surface area contributed by atoms with Crippen LogP contribution in [-0.2, 0) is 9.59 Å². The Labute approximate surface area is 167 Å². The van der Waals surface area contributed by atoms with Crippen LogP contribution in [0.25, 0.3) is 0 Å². The van der Waals surface area contributed by atoms with Gasteiger partial charge in [0.05, 0.1) is 12.7 Å². The van der Waals surface area contributed by atoms with Gasteiger partial charge in [-0.1, -0.05) is 12.8 Å². The summed E-state index contributed by atoms with van der Waals surface area (Å²) in [5.41, 5.74) is 0. The van der Waals surface area contributed by atoms with E-state index in [1.807, 2.05) is 38.1 Å². The van der Waals surface area contributed by atoms with Gasteiger partial charge in [0.25, 0.3) is 0 Å². The predicted molar refractivity (Wildman–Crippen MR) is 107 cm³/mol. The molecule has 0 aliphatic carbocycles. The van der Waals surface area contributed by atoms with E-state index in [-0.39, 0.29) is 6.10 Å². The van der Waals surface area contributed by atoms with Crippen molar-refractivity contribution in [3.05, 3.63) is 24.3 Å². The van der Waals surface area contributed by atoms with Crippen LogP contribution in [0.15, 0.2) is 24.3 Å². The summed E-state index contributed by atoms with van der Waals surface area (Å²) in [6.45, 7) is 8.68. The third-order valence-corrected chi connectivity index (χ3v) is 4.21. The van der Waals surface area contributed by atoms with E-state index in [4.69, 9.17) is 29.3 Å². The maximum atomic E-state index is 9.10. The van der Waals surface area contributed by atoms with E-state index in [1.54, 1.807) is 0 Å². The fraction of sp³-hybridized carbons (Fsp3) is 0.619. The molecule has 7 heteroatoms. The second-order valence-corrected chi connectivity index (χ2v) is 7.06.